The van der Waals surface area contributed by atoms with E-state index in [4.69, 9.17) is 5.73 Å². The maximum absolute atomic E-state index is 11.7. The lowest BCUT2D eigenvalue weighted by Crippen LogP contribution is -2.18. The summed E-state index contributed by atoms with van der Waals surface area (Å²) >= 11 is 0. The topological polar surface area (TPSA) is 72.9 Å². The summed E-state index contributed by atoms with van der Waals surface area (Å²) in [6, 6.07) is 7.68. The quantitative estimate of drug-likeness (QED) is 0.899. The molecule has 1 heterocycles. The van der Waals surface area contributed by atoms with Gasteiger partial charge in [-0.25, -0.2) is 0 Å². The van der Waals surface area contributed by atoms with Gasteiger partial charge in [-0.3, -0.25) is 9.48 Å². The lowest BCUT2D eigenvalue weighted by Gasteiger charge is -2.15. The zero-order valence-electron chi connectivity index (χ0n) is 12.2. The zero-order valence-corrected chi connectivity index (χ0v) is 12.2. The Bertz CT molecular complexity index is 662. The van der Waals surface area contributed by atoms with Crippen molar-refractivity contribution in [2.24, 2.45) is 5.73 Å². The summed E-state index contributed by atoms with van der Waals surface area (Å²) < 4.78 is 1.93. The molecule has 21 heavy (non-hydrogen) atoms. The number of nitrogens with one attached hydrogen (secondary N) is 1. The van der Waals surface area contributed by atoms with Gasteiger partial charge in [-0.1, -0.05) is 12.1 Å². The molecule has 3 N–H and O–H groups in total. The molecule has 0 fully saturated rings. The first-order valence-electron chi connectivity index (χ1n) is 7.30. The van der Waals surface area contributed by atoms with Gasteiger partial charge < -0.3 is 11.1 Å². The molecule has 1 unspecified atom stereocenters. The number of fused-ring (bicyclic) bond motifs is 1. The Morgan fingerprint density at radius 3 is 3.14 bits per heavy atom. The summed E-state index contributed by atoms with van der Waals surface area (Å²) in [7, 11) is 1.64. The third-order valence-electron chi connectivity index (χ3n) is 3.94. The Morgan fingerprint density at radius 2 is 2.38 bits per heavy atom. The van der Waals surface area contributed by atoms with Crippen LogP contribution in [0.2, 0.25) is 0 Å². The number of hydrogen-bond donors (Lipinski definition) is 2. The number of aryl methyl sites for hydroxylation is 1. The summed E-state index contributed by atoms with van der Waals surface area (Å²) in [6.45, 7) is 0.657. The molecule has 0 bridgehead atoms. The molecule has 5 heteroatoms. The molecule has 0 radical (unpaired) electrons. The monoisotopic (exact) mass is 284 g/mol. The highest BCUT2D eigenvalue weighted by Gasteiger charge is 2.20. The molecule has 1 aliphatic carbocycles. The van der Waals surface area contributed by atoms with E-state index < -0.39 is 0 Å². The number of carbonyl (C=O) groups is 1. The first-order chi connectivity index (χ1) is 10.2. The Kier molecular flexibility index (Phi) is 3.75. The highest BCUT2D eigenvalue weighted by Crippen LogP contribution is 2.26. The second kappa shape index (κ2) is 5.69. The molecule has 0 saturated carbocycles. The van der Waals surface area contributed by atoms with Crippen molar-refractivity contribution in [3.63, 3.8) is 0 Å². The first-order valence-corrected chi connectivity index (χ1v) is 7.30. The van der Waals surface area contributed by atoms with Crippen molar-refractivity contribution in [1.29, 1.82) is 0 Å². The van der Waals surface area contributed by atoms with Crippen molar-refractivity contribution in [3.05, 3.63) is 52.8 Å². The fraction of sp³-hybridized carbons (Fsp3) is 0.375. The minimum Gasteiger partial charge on any atom is -0.355 e. The molecule has 1 aliphatic rings. The summed E-state index contributed by atoms with van der Waals surface area (Å²) in [6.07, 6.45) is 5.28. The van der Waals surface area contributed by atoms with Crippen LogP contribution in [-0.2, 0) is 13.0 Å². The number of rotatable bonds is 3. The summed E-state index contributed by atoms with van der Waals surface area (Å²) in [5.41, 5.74) is 10.1. The second-order valence-corrected chi connectivity index (χ2v) is 5.52. The van der Waals surface area contributed by atoms with Gasteiger partial charge in [0.1, 0.15) is 0 Å². The molecule has 2 aromatic rings. The van der Waals surface area contributed by atoms with E-state index in [0.717, 1.165) is 30.5 Å². The molecule has 0 aliphatic heterocycles. The van der Waals surface area contributed by atoms with Crippen LogP contribution in [0.1, 0.15) is 46.1 Å². The van der Waals surface area contributed by atoms with Gasteiger partial charge in [-0.05, 0) is 42.5 Å². The second-order valence-electron chi connectivity index (χ2n) is 5.52. The summed E-state index contributed by atoms with van der Waals surface area (Å²) in [4.78, 5) is 11.7. The zero-order chi connectivity index (χ0) is 14.8. The average Bonchev–Trinajstić information content (AvgIpc) is 2.90. The van der Waals surface area contributed by atoms with Crippen LogP contribution in [0.15, 0.2) is 30.5 Å². The molecule has 1 aromatic carbocycles. The molecular weight excluding hydrogens is 264 g/mol. The number of benzene rings is 1. The molecule has 3 rings (SSSR count). The number of carbonyl (C=O) groups excluding carboxylic acids is 1. The smallest absolute Gasteiger partial charge is 0.251 e. The van der Waals surface area contributed by atoms with Crippen molar-refractivity contribution < 1.29 is 4.79 Å². The third kappa shape index (κ3) is 2.83. The van der Waals surface area contributed by atoms with Gasteiger partial charge in [-0.15, -0.1) is 0 Å². The minimum atomic E-state index is -0.0707. The fourth-order valence-corrected chi connectivity index (χ4v) is 2.85. The minimum absolute atomic E-state index is 0.0622. The van der Waals surface area contributed by atoms with Crippen molar-refractivity contribution in [2.45, 2.75) is 31.8 Å². The van der Waals surface area contributed by atoms with Gasteiger partial charge in [0.15, 0.2) is 0 Å². The Balaban J connectivity index is 1.82. The van der Waals surface area contributed by atoms with Crippen LogP contribution in [-0.4, -0.2) is 22.7 Å². The van der Waals surface area contributed by atoms with Crippen LogP contribution in [0.5, 0.6) is 0 Å². The van der Waals surface area contributed by atoms with E-state index in [0.29, 0.717) is 12.1 Å². The van der Waals surface area contributed by atoms with E-state index >= 15 is 0 Å². The average molecular weight is 284 g/mol. The van der Waals surface area contributed by atoms with E-state index in [-0.39, 0.29) is 11.9 Å². The standard InChI is InChI=1S/C16H20N4O/c1-18-16(21)12-5-2-4-11(8-12)9-20-10-13-6-3-7-14(17)15(13)19-20/h2,4-5,8,10,14H,3,6-7,9,17H2,1H3,(H,18,21). The fourth-order valence-electron chi connectivity index (χ4n) is 2.85. The van der Waals surface area contributed by atoms with E-state index in [1.807, 2.05) is 28.9 Å². The van der Waals surface area contributed by atoms with Crippen LogP contribution < -0.4 is 11.1 Å². The van der Waals surface area contributed by atoms with Gasteiger partial charge in [0, 0.05) is 24.8 Å². The van der Waals surface area contributed by atoms with Crippen molar-refractivity contribution in [1.82, 2.24) is 15.1 Å². The lowest BCUT2D eigenvalue weighted by atomic mass is 9.95. The highest BCUT2D eigenvalue weighted by atomic mass is 16.1. The largest absolute Gasteiger partial charge is 0.355 e. The van der Waals surface area contributed by atoms with E-state index in [1.54, 1.807) is 7.05 Å². The van der Waals surface area contributed by atoms with Crippen LogP contribution in [0, 0.1) is 0 Å². The number of aromatic nitrogens is 2. The SMILES string of the molecule is CNC(=O)c1cccc(Cn2cc3c(n2)C(N)CCC3)c1. The predicted molar refractivity (Wildman–Crippen MR) is 81.0 cm³/mol. The Morgan fingerprint density at radius 1 is 1.52 bits per heavy atom. The van der Waals surface area contributed by atoms with Gasteiger partial charge in [0.2, 0.25) is 0 Å². The molecule has 1 amide bonds. The Hall–Kier alpha value is -2.14. The van der Waals surface area contributed by atoms with Crippen LogP contribution >= 0.6 is 0 Å². The first kappa shape index (κ1) is 13.8. The maximum atomic E-state index is 11.7. The summed E-state index contributed by atoms with van der Waals surface area (Å²) in [5.74, 6) is -0.0707. The van der Waals surface area contributed by atoms with Gasteiger partial charge in [0.25, 0.3) is 5.91 Å². The molecule has 110 valence electrons. The Labute approximate surface area is 124 Å². The highest BCUT2D eigenvalue weighted by molar-refractivity contribution is 5.94. The summed E-state index contributed by atoms with van der Waals surface area (Å²) in [5, 5.41) is 7.25. The normalized spacial score (nSPS) is 17.3. The van der Waals surface area contributed by atoms with Crippen molar-refractivity contribution >= 4 is 5.91 Å². The molecule has 0 spiro atoms. The number of nitrogens with zero attached hydrogens (tertiary/aromatic N) is 2. The molecule has 1 atom stereocenters. The number of hydrogen-bond acceptors (Lipinski definition) is 3. The van der Waals surface area contributed by atoms with Gasteiger partial charge >= 0.3 is 0 Å². The maximum Gasteiger partial charge on any atom is 0.251 e. The molecule has 0 saturated heterocycles. The van der Waals surface area contributed by atoms with Gasteiger partial charge in [0.05, 0.1) is 12.2 Å². The van der Waals surface area contributed by atoms with Gasteiger partial charge in [-0.2, -0.15) is 5.10 Å². The molecule has 5 nitrogen and oxygen atoms in total. The number of amides is 1. The van der Waals surface area contributed by atoms with Crippen LogP contribution in [0.4, 0.5) is 0 Å². The van der Waals surface area contributed by atoms with E-state index in [2.05, 4.69) is 16.6 Å². The third-order valence-corrected chi connectivity index (χ3v) is 3.94. The van der Waals surface area contributed by atoms with E-state index in [9.17, 15) is 4.79 Å². The van der Waals surface area contributed by atoms with Crippen LogP contribution in [0.25, 0.3) is 0 Å². The molecular formula is C16H20N4O. The van der Waals surface area contributed by atoms with Crippen molar-refractivity contribution in [2.75, 3.05) is 7.05 Å². The van der Waals surface area contributed by atoms with E-state index in [1.165, 1.54) is 5.56 Å². The predicted octanol–water partition coefficient (Wildman–Crippen LogP) is 1.63. The lowest BCUT2D eigenvalue weighted by molar-refractivity contribution is 0.0963. The number of nitrogens with two attached hydrogens (primary N) is 1. The van der Waals surface area contributed by atoms with Crippen molar-refractivity contribution in [3.8, 4) is 0 Å². The molecule has 1 aromatic heterocycles. The van der Waals surface area contributed by atoms with Crippen LogP contribution in [0.3, 0.4) is 0 Å².